The predicted octanol–water partition coefficient (Wildman–Crippen LogP) is 4.82. The highest BCUT2D eigenvalue weighted by molar-refractivity contribution is 6.33. The summed E-state index contributed by atoms with van der Waals surface area (Å²) in [5, 5.41) is 1.17. The van der Waals surface area contributed by atoms with Crippen LogP contribution in [0.15, 0.2) is 54.7 Å². The van der Waals surface area contributed by atoms with Crippen LogP contribution in [-0.2, 0) is 0 Å². The molecule has 0 saturated carbocycles. The van der Waals surface area contributed by atoms with E-state index in [2.05, 4.69) is 9.97 Å². The number of nitrogen functional groups attached to an aromatic ring is 1. The molecule has 3 aromatic rings. The van der Waals surface area contributed by atoms with Crippen LogP contribution in [0.2, 0.25) is 10.0 Å². The highest BCUT2D eigenvalue weighted by Gasteiger charge is 2.08. The molecule has 2 aromatic carbocycles. The van der Waals surface area contributed by atoms with Crippen molar-refractivity contribution < 1.29 is 4.74 Å². The summed E-state index contributed by atoms with van der Waals surface area (Å²) in [5.41, 5.74) is 7.02. The molecule has 110 valence electrons. The van der Waals surface area contributed by atoms with E-state index in [1.54, 1.807) is 42.6 Å². The van der Waals surface area contributed by atoms with Crippen LogP contribution in [0.1, 0.15) is 0 Å². The van der Waals surface area contributed by atoms with Crippen LogP contribution in [0.5, 0.6) is 11.5 Å². The van der Waals surface area contributed by atoms with Gasteiger partial charge in [0.2, 0.25) is 5.95 Å². The molecular formula is C16H11Cl2N3O. The number of rotatable bonds is 3. The van der Waals surface area contributed by atoms with E-state index in [9.17, 15) is 0 Å². The molecule has 22 heavy (non-hydrogen) atoms. The predicted molar refractivity (Wildman–Crippen MR) is 88.4 cm³/mol. The van der Waals surface area contributed by atoms with Gasteiger partial charge >= 0.3 is 0 Å². The van der Waals surface area contributed by atoms with Gasteiger partial charge in [-0.05, 0) is 42.5 Å². The molecule has 0 atom stereocenters. The molecule has 0 spiro atoms. The second kappa shape index (κ2) is 6.22. The van der Waals surface area contributed by atoms with Gasteiger partial charge in [0.05, 0.1) is 10.7 Å². The maximum Gasteiger partial charge on any atom is 0.220 e. The topological polar surface area (TPSA) is 61.0 Å². The maximum absolute atomic E-state index is 6.31. The fourth-order valence-electron chi connectivity index (χ4n) is 1.93. The van der Waals surface area contributed by atoms with Gasteiger partial charge in [0.25, 0.3) is 0 Å². The Labute approximate surface area is 137 Å². The van der Waals surface area contributed by atoms with Crippen molar-refractivity contribution in [2.24, 2.45) is 0 Å². The van der Waals surface area contributed by atoms with Gasteiger partial charge < -0.3 is 10.5 Å². The minimum absolute atomic E-state index is 0.204. The normalized spacial score (nSPS) is 10.5. The molecule has 1 aromatic heterocycles. The molecule has 0 aliphatic rings. The minimum Gasteiger partial charge on any atom is -0.457 e. The van der Waals surface area contributed by atoms with Gasteiger partial charge in [0.1, 0.15) is 11.5 Å². The summed E-state index contributed by atoms with van der Waals surface area (Å²) < 4.78 is 5.73. The summed E-state index contributed by atoms with van der Waals surface area (Å²) in [4.78, 5) is 8.02. The number of benzene rings is 2. The SMILES string of the molecule is Nc1nccc(-c2ccc(Oc3ccc(Cl)cc3)cc2Cl)n1. The Kier molecular flexibility index (Phi) is 4.13. The lowest BCUT2D eigenvalue weighted by Crippen LogP contribution is -1.95. The Bertz CT molecular complexity index is 807. The number of hydrogen-bond acceptors (Lipinski definition) is 4. The first-order valence-electron chi connectivity index (χ1n) is 6.44. The summed E-state index contributed by atoms with van der Waals surface area (Å²) in [7, 11) is 0. The van der Waals surface area contributed by atoms with Gasteiger partial charge in [-0.2, -0.15) is 0 Å². The molecule has 3 rings (SSSR count). The zero-order valence-electron chi connectivity index (χ0n) is 11.3. The van der Waals surface area contributed by atoms with Crippen molar-refractivity contribution in [3.8, 4) is 22.8 Å². The zero-order valence-corrected chi connectivity index (χ0v) is 12.8. The summed E-state index contributed by atoms with van der Waals surface area (Å²) in [6, 6.07) is 14.2. The van der Waals surface area contributed by atoms with Crippen LogP contribution < -0.4 is 10.5 Å². The van der Waals surface area contributed by atoms with Crippen LogP contribution in [0.4, 0.5) is 5.95 Å². The molecule has 0 saturated heterocycles. The third kappa shape index (κ3) is 3.30. The van der Waals surface area contributed by atoms with E-state index in [4.69, 9.17) is 33.7 Å². The Morgan fingerprint density at radius 3 is 2.32 bits per heavy atom. The molecular weight excluding hydrogens is 321 g/mol. The van der Waals surface area contributed by atoms with E-state index >= 15 is 0 Å². The molecule has 4 nitrogen and oxygen atoms in total. The van der Waals surface area contributed by atoms with Gasteiger partial charge in [0, 0.05) is 22.8 Å². The van der Waals surface area contributed by atoms with Crippen LogP contribution in [0.25, 0.3) is 11.3 Å². The number of hydrogen-bond donors (Lipinski definition) is 1. The number of nitrogens with two attached hydrogens (primary N) is 1. The highest BCUT2D eigenvalue weighted by atomic mass is 35.5. The smallest absolute Gasteiger partial charge is 0.220 e. The largest absolute Gasteiger partial charge is 0.457 e. The van der Waals surface area contributed by atoms with Crippen molar-refractivity contribution in [3.63, 3.8) is 0 Å². The molecule has 6 heteroatoms. The number of nitrogens with zero attached hydrogens (tertiary/aromatic N) is 2. The van der Waals surface area contributed by atoms with Crippen molar-refractivity contribution in [1.82, 2.24) is 9.97 Å². The van der Waals surface area contributed by atoms with Crippen LogP contribution in [0.3, 0.4) is 0 Å². The van der Waals surface area contributed by atoms with Crippen molar-refractivity contribution in [2.75, 3.05) is 5.73 Å². The van der Waals surface area contributed by atoms with Gasteiger partial charge in [-0.15, -0.1) is 0 Å². The van der Waals surface area contributed by atoms with E-state index in [0.717, 1.165) is 5.56 Å². The van der Waals surface area contributed by atoms with Gasteiger partial charge in [-0.3, -0.25) is 0 Å². The highest BCUT2D eigenvalue weighted by Crippen LogP contribution is 2.32. The summed E-state index contributed by atoms with van der Waals surface area (Å²) >= 11 is 12.1. The monoisotopic (exact) mass is 331 g/mol. The molecule has 0 unspecified atom stereocenters. The second-order valence-electron chi connectivity index (χ2n) is 4.50. The van der Waals surface area contributed by atoms with Crippen molar-refractivity contribution >= 4 is 29.2 Å². The Hall–Kier alpha value is -2.30. The number of aromatic nitrogens is 2. The number of ether oxygens (including phenoxy) is 1. The molecule has 0 radical (unpaired) electrons. The first-order valence-corrected chi connectivity index (χ1v) is 7.19. The average molecular weight is 332 g/mol. The Morgan fingerprint density at radius 1 is 0.909 bits per heavy atom. The standard InChI is InChI=1S/C16H11Cl2N3O/c17-10-1-3-11(4-2-10)22-12-5-6-13(14(18)9-12)15-7-8-20-16(19)21-15/h1-9H,(H2,19,20,21). The third-order valence-electron chi connectivity index (χ3n) is 2.94. The quantitative estimate of drug-likeness (QED) is 0.746. The summed E-state index contributed by atoms with van der Waals surface area (Å²) in [6.45, 7) is 0. The second-order valence-corrected chi connectivity index (χ2v) is 5.34. The molecule has 0 bridgehead atoms. The number of anilines is 1. The first kappa shape index (κ1) is 14.6. The first-order chi connectivity index (χ1) is 10.6. The van der Waals surface area contributed by atoms with E-state index < -0.39 is 0 Å². The lowest BCUT2D eigenvalue weighted by Gasteiger charge is -2.09. The van der Waals surface area contributed by atoms with Crippen molar-refractivity contribution in [1.29, 1.82) is 0 Å². The summed E-state index contributed by atoms with van der Waals surface area (Å²) in [5.74, 6) is 1.51. The van der Waals surface area contributed by atoms with Crippen LogP contribution in [0, 0.1) is 0 Å². The fraction of sp³-hybridized carbons (Fsp3) is 0. The van der Waals surface area contributed by atoms with Gasteiger partial charge in [-0.1, -0.05) is 23.2 Å². The Balaban J connectivity index is 1.87. The van der Waals surface area contributed by atoms with Gasteiger partial charge in [-0.25, -0.2) is 9.97 Å². The lowest BCUT2D eigenvalue weighted by molar-refractivity contribution is 0.483. The zero-order chi connectivity index (χ0) is 15.5. The Morgan fingerprint density at radius 2 is 1.64 bits per heavy atom. The van der Waals surface area contributed by atoms with Crippen LogP contribution in [-0.4, -0.2) is 9.97 Å². The average Bonchev–Trinajstić information content (AvgIpc) is 2.50. The minimum atomic E-state index is 0.204. The maximum atomic E-state index is 6.31. The molecule has 0 aliphatic carbocycles. The van der Waals surface area contributed by atoms with Crippen molar-refractivity contribution in [2.45, 2.75) is 0 Å². The number of halogens is 2. The van der Waals surface area contributed by atoms with Crippen molar-refractivity contribution in [3.05, 3.63) is 64.8 Å². The molecule has 1 heterocycles. The van der Waals surface area contributed by atoms with Gasteiger partial charge in [0.15, 0.2) is 0 Å². The lowest BCUT2D eigenvalue weighted by atomic mass is 10.1. The van der Waals surface area contributed by atoms with E-state index in [1.165, 1.54) is 0 Å². The van der Waals surface area contributed by atoms with Crippen LogP contribution >= 0.6 is 23.2 Å². The third-order valence-corrected chi connectivity index (χ3v) is 3.50. The molecule has 2 N–H and O–H groups in total. The molecule has 0 fully saturated rings. The van der Waals surface area contributed by atoms with E-state index in [-0.39, 0.29) is 5.95 Å². The fourth-order valence-corrected chi connectivity index (χ4v) is 2.32. The molecule has 0 amide bonds. The molecule has 0 aliphatic heterocycles. The van der Waals surface area contributed by atoms with E-state index in [1.807, 2.05) is 12.1 Å². The van der Waals surface area contributed by atoms with E-state index in [0.29, 0.717) is 27.2 Å². The summed E-state index contributed by atoms with van der Waals surface area (Å²) in [6.07, 6.45) is 1.59.